The van der Waals surface area contributed by atoms with E-state index in [1.807, 2.05) is 42.5 Å². The lowest BCUT2D eigenvalue weighted by Gasteiger charge is -2.14. The zero-order valence-electron chi connectivity index (χ0n) is 15.5. The number of halogens is 3. The molecule has 0 spiro atoms. The molecule has 0 aliphatic rings. The minimum atomic E-state index is 0.426. The van der Waals surface area contributed by atoms with Crippen molar-refractivity contribution < 1.29 is 9.47 Å². The zero-order chi connectivity index (χ0) is 20.8. The first-order chi connectivity index (χ1) is 14.0. The highest BCUT2D eigenvalue weighted by atomic mass is 127. The average Bonchev–Trinajstić information content (AvgIpc) is 2.72. The summed E-state index contributed by atoms with van der Waals surface area (Å²) in [5.41, 5.74) is 2.93. The number of nitrogens with zero attached hydrogens (tertiary/aromatic N) is 1. The van der Waals surface area contributed by atoms with E-state index in [0.29, 0.717) is 39.3 Å². The standard InChI is InChI=1S/C23H16Cl2INO2/c1-28-22-11-16(9-17(13-27)19-8-7-18(24)12-20(19)25)10-21(26)23(22)29-14-15-5-3-2-4-6-15/h2-12H,14H2,1H3/b17-9+. The van der Waals surface area contributed by atoms with E-state index in [2.05, 4.69) is 28.7 Å². The molecule has 146 valence electrons. The van der Waals surface area contributed by atoms with Gasteiger partial charge in [0.25, 0.3) is 0 Å². The molecule has 3 nitrogen and oxygen atoms in total. The van der Waals surface area contributed by atoms with E-state index < -0.39 is 0 Å². The van der Waals surface area contributed by atoms with Gasteiger partial charge >= 0.3 is 0 Å². The normalized spacial score (nSPS) is 11.1. The maximum Gasteiger partial charge on any atom is 0.174 e. The van der Waals surface area contributed by atoms with Crippen LogP contribution < -0.4 is 9.47 Å². The fraction of sp³-hybridized carbons (Fsp3) is 0.0870. The molecule has 0 saturated heterocycles. The van der Waals surface area contributed by atoms with Crippen LogP contribution in [0.3, 0.4) is 0 Å². The Morgan fingerprint density at radius 3 is 2.52 bits per heavy atom. The molecular weight excluding hydrogens is 520 g/mol. The number of ether oxygens (including phenoxy) is 2. The molecule has 0 aliphatic heterocycles. The predicted molar refractivity (Wildman–Crippen MR) is 126 cm³/mol. The summed E-state index contributed by atoms with van der Waals surface area (Å²) in [7, 11) is 1.59. The summed E-state index contributed by atoms with van der Waals surface area (Å²) in [6, 6.07) is 21.0. The van der Waals surface area contributed by atoms with Gasteiger partial charge in [-0.05, 0) is 64.1 Å². The van der Waals surface area contributed by atoms with E-state index in [1.54, 1.807) is 31.4 Å². The number of benzene rings is 3. The Labute approximate surface area is 193 Å². The van der Waals surface area contributed by atoms with Crippen molar-refractivity contribution in [1.29, 1.82) is 5.26 Å². The van der Waals surface area contributed by atoms with E-state index in [-0.39, 0.29) is 0 Å². The fourth-order valence-electron chi connectivity index (χ4n) is 2.74. The Kier molecular flexibility index (Phi) is 7.43. The van der Waals surface area contributed by atoms with Gasteiger partial charge in [-0.2, -0.15) is 5.26 Å². The third-order valence-electron chi connectivity index (χ3n) is 4.13. The van der Waals surface area contributed by atoms with E-state index in [4.69, 9.17) is 32.7 Å². The Morgan fingerprint density at radius 2 is 1.86 bits per heavy atom. The Hall–Kier alpha value is -2.20. The third kappa shape index (κ3) is 5.45. The minimum Gasteiger partial charge on any atom is -0.493 e. The molecule has 0 aliphatic carbocycles. The van der Waals surface area contributed by atoms with Gasteiger partial charge in [-0.25, -0.2) is 0 Å². The smallest absolute Gasteiger partial charge is 0.174 e. The summed E-state index contributed by atoms with van der Waals surface area (Å²) in [6.07, 6.45) is 1.76. The number of nitriles is 1. The molecule has 0 bridgehead atoms. The van der Waals surface area contributed by atoms with Gasteiger partial charge in [0.05, 0.1) is 27.3 Å². The van der Waals surface area contributed by atoms with Crippen LogP contribution in [0.5, 0.6) is 11.5 Å². The van der Waals surface area contributed by atoms with Gasteiger partial charge in [0.1, 0.15) is 6.61 Å². The van der Waals surface area contributed by atoms with E-state index in [0.717, 1.165) is 14.7 Å². The Bertz CT molecular complexity index is 1090. The Morgan fingerprint density at radius 1 is 1.10 bits per heavy atom. The van der Waals surface area contributed by atoms with Crippen molar-refractivity contribution in [3.05, 3.63) is 91.0 Å². The van der Waals surface area contributed by atoms with Gasteiger partial charge in [-0.1, -0.05) is 59.6 Å². The van der Waals surface area contributed by atoms with E-state index in [1.165, 1.54) is 0 Å². The van der Waals surface area contributed by atoms with Gasteiger partial charge in [0, 0.05) is 10.6 Å². The summed E-state index contributed by atoms with van der Waals surface area (Å²) in [6.45, 7) is 0.437. The van der Waals surface area contributed by atoms with Crippen molar-refractivity contribution in [3.8, 4) is 17.6 Å². The second-order valence-corrected chi connectivity index (χ2v) is 8.11. The molecule has 3 aromatic carbocycles. The number of hydrogen-bond donors (Lipinski definition) is 0. The molecule has 29 heavy (non-hydrogen) atoms. The molecule has 0 saturated carbocycles. The van der Waals surface area contributed by atoms with Crippen molar-refractivity contribution in [1.82, 2.24) is 0 Å². The van der Waals surface area contributed by atoms with Gasteiger partial charge in [-0.3, -0.25) is 0 Å². The quantitative estimate of drug-likeness (QED) is 0.190. The topological polar surface area (TPSA) is 42.2 Å². The first-order valence-electron chi connectivity index (χ1n) is 8.63. The molecule has 6 heteroatoms. The predicted octanol–water partition coefficient (Wildman–Crippen LogP) is 7.25. The van der Waals surface area contributed by atoms with Crippen molar-refractivity contribution in [2.75, 3.05) is 7.11 Å². The largest absolute Gasteiger partial charge is 0.493 e. The Balaban J connectivity index is 1.93. The van der Waals surface area contributed by atoms with Gasteiger partial charge in [0.2, 0.25) is 0 Å². The van der Waals surface area contributed by atoms with Crippen molar-refractivity contribution in [3.63, 3.8) is 0 Å². The highest BCUT2D eigenvalue weighted by Crippen LogP contribution is 2.36. The van der Waals surface area contributed by atoms with Gasteiger partial charge in [0.15, 0.2) is 11.5 Å². The van der Waals surface area contributed by atoms with Gasteiger partial charge < -0.3 is 9.47 Å². The molecule has 0 unspecified atom stereocenters. The number of hydrogen-bond acceptors (Lipinski definition) is 3. The van der Waals surface area contributed by atoms with Crippen molar-refractivity contribution >= 4 is 57.4 Å². The highest BCUT2D eigenvalue weighted by Gasteiger charge is 2.13. The number of allylic oxidation sites excluding steroid dienone is 1. The fourth-order valence-corrected chi connectivity index (χ4v) is 4.03. The second-order valence-electron chi connectivity index (χ2n) is 6.10. The minimum absolute atomic E-state index is 0.426. The maximum atomic E-state index is 9.63. The second kappa shape index (κ2) is 10.0. The van der Waals surface area contributed by atoms with E-state index >= 15 is 0 Å². The van der Waals surface area contributed by atoms with Crippen molar-refractivity contribution in [2.24, 2.45) is 0 Å². The van der Waals surface area contributed by atoms with Crippen LogP contribution in [0, 0.1) is 14.9 Å². The lowest BCUT2D eigenvalue weighted by Crippen LogP contribution is -2.00. The van der Waals surface area contributed by atoms with Crippen LogP contribution in [0.4, 0.5) is 0 Å². The number of rotatable bonds is 6. The molecule has 3 rings (SSSR count). The molecule has 3 aromatic rings. The molecule has 0 fully saturated rings. The summed E-state index contributed by atoms with van der Waals surface area (Å²) in [5, 5.41) is 10.6. The van der Waals surface area contributed by atoms with E-state index in [9.17, 15) is 5.26 Å². The molecule has 0 radical (unpaired) electrons. The first kappa shape index (κ1) is 21.5. The number of methoxy groups -OCH3 is 1. The summed E-state index contributed by atoms with van der Waals surface area (Å²) in [4.78, 5) is 0. The van der Waals surface area contributed by atoms with Crippen LogP contribution in [0.25, 0.3) is 11.6 Å². The third-order valence-corrected chi connectivity index (χ3v) is 5.48. The van der Waals surface area contributed by atoms with Gasteiger partial charge in [-0.15, -0.1) is 0 Å². The molecule has 0 amide bonds. The molecular formula is C23H16Cl2INO2. The van der Waals surface area contributed by atoms with Crippen LogP contribution in [0.1, 0.15) is 16.7 Å². The molecule has 0 aromatic heterocycles. The highest BCUT2D eigenvalue weighted by molar-refractivity contribution is 14.1. The molecule has 0 heterocycles. The lowest BCUT2D eigenvalue weighted by molar-refractivity contribution is 0.282. The van der Waals surface area contributed by atoms with Crippen molar-refractivity contribution in [2.45, 2.75) is 6.61 Å². The summed E-state index contributed by atoms with van der Waals surface area (Å²) < 4.78 is 12.4. The zero-order valence-corrected chi connectivity index (χ0v) is 19.1. The summed E-state index contributed by atoms with van der Waals surface area (Å²) in [5.74, 6) is 1.26. The van der Waals surface area contributed by atoms with Crippen LogP contribution in [-0.2, 0) is 6.61 Å². The first-order valence-corrected chi connectivity index (χ1v) is 10.5. The monoisotopic (exact) mass is 535 g/mol. The maximum absolute atomic E-state index is 9.63. The molecule has 0 atom stereocenters. The van der Waals surface area contributed by atoms with Crippen LogP contribution in [0.15, 0.2) is 60.7 Å². The van der Waals surface area contributed by atoms with Crippen LogP contribution in [-0.4, -0.2) is 7.11 Å². The summed E-state index contributed by atoms with van der Waals surface area (Å²) >= 11 is 14.4. The average molecular weight is 536 g/mol. The SMILES string of the molecule is COc1cc(/C=C(\C#N)c2ccc(Cl)cc2Cl)cc(I)c1OCc1ccccc1. The van der Waals surface area contributed by atoms with Crippen LogP contribution >= 0.6 is 45.8 Å². The molecule has 0 N–H and O–H groups in total. The lowest BCUT2D eigenvalue weighted by atomic mass is 10.0. The van der Waals surface area contributed by atoms with Crippen LogP contribution in [0.2, 0.25) is 10.0 Å².